The predicted octanol–water partition coefficient (Wildman–Crippen LogP) is 3.62. The molecule has 3 nitrogen and oxygen atoms in total. The Labute approximate surface area is 124 Å². The Morgan fingerprint density at radius 3 is 2.47 bits per heavy atom. The number of nitrogens with zero attached hydrogens (tertiary/aromatic N) is 2. The summed E-state index contributed by atoms with van der Waals surface area (Å²) in [5.74, 6) is 0.467. The number of aliphatic hydroxyl groups is 1. The monoisotopic (exact) mass is 328 g/mol. The molecule has 0 radical (unpaired) electrons. The molecule has 1 heterocycles. The summed E-state index contributed by atoms with van der Waals surface area (Å²) in [7, 11) is 1.97. The molecule has 0 aliphatic heterocycles. The molecule has 1 atom stereocenters. The summed E-state index contributed by atoms with van der Waals surface area (Å²) in [5, 5.41) is 15.0. The number of aryl methyl sites for hydroxylation is 2. The molecule has 0 aromatic carbocycles. The molecule has 2 rings (SSSR count). The fourth-order valence-electron chi connectivity index (χ4n) is 3.10. The average Bonchev–Trinajstić information content (AvgIpc) is 2.64. The van der Waals surface area contributed by atoms with Crippen LogP contribution in [0.4, 0.5) is 0 Å². The largest absolute Gasteiger partial charge is 0.392 e. The van der Waals surface area contributed by atoms with Crippen molar-refractivity contribution in [2.45, 2.75) is 64.4 Å². The first kappa shape index (κ1) is 15.0. The highest BCUT2D eigenvalue weighted by Gasteiger charge is 2.24. The van der Waals surface area contributed by atoms with E-state index in [0.717, 1.165) is 28.7 Å². The number of rotatable bonds is 4. The first-order valence-corrected chi connectivity index (χ1v) is 8.31. The lowest BCUT2D eigenvalue weighted by Crippen LogP contribution is -2.23. The van der Waals surface area contributed by atoms with Gasteiger partial charge < -0.3 is 5.11 Å². The van der Waals surface area contributed by atoms with Gasteiger partial charge in [0.1, 0.15) is 0 Å². The molecular weight excluding hydrogens is 304 g/mol. The van der Waals surface area contributed by atoms with Gasteiger partial charge in [0, 0.05) is 13.5 Å². The van der Waals surface area contributed by atoms with E-state index < -0.39 is 0 Å². The van der Waals surface area contributed by atoms with Gasteiger partial charge in [0.15, 0.2) is 0 Å². The zero-order valence-corrected chi connectivity index (χ0v) is 13.6. The second-order valence-corrected chi connectivity index (χ2v) is 6.50. The molecule has 0 spiro atoms. The van der Waals surface area contributed by atoms with Gasteiger partial charge in [0.2, 0.25) is 0 Å². The molecule has 0 saturated heterocycles. The maximum absolute atomic E-state index is 10.5. The van der Waals surface area contributed by atoms with Crippen molar-refractivity contribution in [1.29, 1.82) is 0 Å². The fraction of sp³-hybridized carbons (Fsp3) is 0.800. The van der Waals surface area contributed by atoms with Gasteiger partial charge in [0.25, 0.3) is 0 Å². The first-order chi connectivity index (χ1) is 9.13. The van der Waals surface area contributed by atoms with Gasteiger partial charge in [-0.05, 0) is 41.1 Å². The summed E-state index contributed by atoms with van der Waals surface area (Å²) in [6, 6.07) is 0. The molecular formula is C15H25BrN2O. The van der Waals surface area contributed by atoms with Gasteiger partial charge >= 0.3 is 0 Å². The van der Waals surface area contributed by atoms with Crippen LogP contribution in [-0.2, 0) is 19.9 Å². The Hall–Kier alpha value is -0.350. The third-order valence-electron chi connectivity index (χ3n) is 4.35. The lowest BCUT2D eigenvalue weighted by Gasteiger charge is -2.21. The topological polar surface area (TPSA) is 38.0 Å². The summed E-state index contributed by atoms with van der Waals surface area (Å²) in [6.45, 7) is 2.11. The van der Waals surface area contributed by atoms with Crippen molar-refractivity contribution in [2.24, 2.45) is 13.0 Å². The minimum Gasteiger partial charge on any atom is -0.392 e. The fourth-order valence-corrected chi connectivity index (χ4v) is 3.88. The van der Waals surface area contributed by atoms with E-state index in [1.54, 1.807) is 0 Å². The zero-order chi connectivity index (χ0) is 13.8. The smallest absolute Gasteiger partial charge is 0.0766 e. The Morgan fingerprint density at radius 1 is 1.32 bits per heavy atom. The molecule has 108 valence electrons. The molecule has 0 bridgehead atoms. The van der Waals surface area contributed by atoms with Gasteiger partial charge in [-0.15, -0.1) is 0 Å². The van der Waals surface area contributed by atoms with E-state index >= 15 is 0 Å². The van der Waals surface area contributed by atoms with Crippen molar-refractivity contribution < 1.29 is 5.11 Å². The van der Waals surface area contributed by atoms with Crippen LogP contribution in [0.2, 0.25) is 0 Å². The number of halogens is 1. The van der Waals surface area contributed by atoms with E-state index in [9.17, 15) is 5.11 Å². The van der Waals surface area contributed by atoms with Crippen molar-refractivity contribution in [3.05, 3.63) is 15.9 Å². The van der Waals surface area contributed by atoms with E-state index in [2.05, 4.69) is 28.0 Å². The third kappa shape index (κ3) is 3.60. The van der Waals surface area contributed by atoms with Crippen LogP contribution in [0.1, 0.15) is 56.8 Å². The normalized spacial score (nSPS) is 19.4. The van der Waals surface area contributed by atoms with Crippen LogP contribution in [0.15, 0.2) is 4.47 Å². The lowest BCUT2D eigenvalue weighted by atomic mass is 9.91. The van der Waals surface area contributed by atoms with Crippen LogP contribution in [0.25, 0.3) is 0 Å². The summed E-state index contributed by atoms with van der Waals surface area (Å²) in [6.07, 6.45) is 8.98. The molecule has 1 unspecified atom stereocenters. The molecule has 1 fully saturated rings. The Kier molecular flexibility index (Phi) is 5.46. The van der Waals surface area contributed by atoms with Crippen LogP contribution in [0.5, 0.6) is 0 Å². The molecule has 19 heavy (non-hydrogen) atoms. The van der Waals surface area contributed by atoms with E-state index in [0.29, 0.717) is 5.92 Å². The summed E-state index contributed by atoms with van der Waals surface area (Å²) < 4.78 is 3.01. The van der Waals surface area contributed by atoms with Crippen molar-refractivity contribution in [1.82, 2.24) is 9.78 Å². The van der Waals surface area contributed by atoms with Gasteiger partial charge in [-0.2, -0.15) is 5.10 Å². The highest BCUT2D eigenvalue weighted by atomic mass is 79.9. The third-order valence-corrected chi connectivity index (χ3v) is 5.26. The SMILES string of the molecule is CCc1nn(C)c(CC(O)C2CCCCCC2)c1Br. The van der Waals surface area contributed by atoms with Crippen molar-refractivity contribution in [3.8, 4) is 0 Å². The first-order valence-electron chi connectivity index (χ1n) is 7.51. The van der Waals surface area contributed by atoms with E-state index in [4.69, 9.17) is 0 Å². The van der Waals surface area contributed by atoms with Crippen LogP contribution in [0, 0.1) is 5.92 Å². The molecule has 1 aromatic rings. The van der Waals surface area contributed by atoms with Gasteiger partial charge in [-0.25, -0.2) is 0 Å². The number of aromatic nitrogens is 2. The van der Waals surface area contributed by atoms with Gasteiger partial charge in [0.05, 0.1) is 22.0 Å². The number of hydrogen-bond acceptors (Lipinski definition) is 2. The molecule has 4 heteroatoms. The molecule has 1 aromatic heterocycles. The average molecular weight is 329 g/mol. The lowest BCUT2D eigenvalue weighted by molar-refractivity contribution is 0.0966. The standard InChI is InChI=1S/C15H25BrN2O/c1-3-12-15(16)13(18(2)17-12)10-14(19)11-8-6-4-5-7-9-11/h11,14,19H,3-10H2,1-2H3. The van der Waals surface area contributed by atoms with Crippen molar-refractivity contribution >= 4 is 15.9 Å². The van der Waals surface area contributed by atoms with Crippen LogP contribution < -0.4 is 0 Å². The van der Waals surface area contributed by atoms with Crippen molar-refractivity contribution in [2.75, 3.05) is 0 Å². The summed E-state index contributed by atoms with van der Waals surface area (Å²) >= 11 is 3.64. The Bertz CT molecular complexity index is 409. The van der Waals surface area contributed by atoms with Gasteiger partial charge in [-0.3, -0.25) is 4.68 Å². The van der Waals surface area contributed by atoms with E-state index in [1.165, 1.54) is 38.5 Å². The van der Waals surface area contributed by atoms with Gasteiger partial charge in [-0.1, -0.05) is 32.6 Å². The second kappa shape index (κ2) is 6.89. The van der Waals surface area contributed by atoms with Crippen LogP contribution >= 0.6 is 15.9 Å². The highest BCUT2D eigenvalue weighted by Crippen LogP contribution is 2.29. The number of aliphatic hydroxyl groups excluding tert-OH is 1. The second-order valence-electron chi connectivity index (χ2n) is 5.71. The number of hydrogen-bond donors (Lipinski definition) is 1. The molecule has 1 N–H and O–H groups in total. The van der Waals surface area contributed by atoms with Crippen molar-refractivity contribution in [3.63, 3.8) is 0 Å². The quantitative estimate of drug-likeness (QED) is 0.857. The Morgan fingerprint density at radius 2 is 1.95 bits per heavy atom. The molecule has 0 amide bonds. The summed E-state index contributed by atoms with van der Waals surface area (Å²) in [5.41, 5.74) is 2.22. The van der Waals surface area contributed by atoms with E-state index in [1.807, 2.05) is 11.7 Å². The zero-order valence-electron chi connectivity index (χ0n) is 12.0. The highest BCUT2D eigenvalue weighted by molar-refractivity contribution is 9.10. The molecule has 1 saturated carbocycles. The maximum Gasteiger partial charge on any atom is 0.0766 e. The predicted molar refractivity (Wildman–Crippen MR) is 81.2 cm³/mol. The summed E-state index contributed by atoms with van der Waals surface area (Å²) in [4.78, 5) is 0. The molecule has 1 aliphatic rings. The minimum atomic E-state index is -0.227. The maximum atomic E-state index is 10.5. The van der Waals surface area contributed by atoms with Crippen LogP contribution in [-0.4, -0.2) is 21.0 Å². The van der Waals surface area contributed by atoms with E-state index in [-0.39, 0.29) is 6.10 Å². The van der Waals surface area contributed by atoms with Crippen LogP contribution in [0.3, 0.4) is 0 Å². The molecule has 1 aliphatic carbocycles. The minimum absolute atomic E-state index is 0.227. The Balaban J connectivity index is 2.05.